The molecule has 8 nitrogen and oxygen atoms in total. The molecule has 34 heavy (non-hydrogen) atoms. The third kappa shape index (κ3) is 4.28. The molecule has 0 bridgehead atoms. The van der Waals surface area contributed by atoms with E-state index in [0.29, 0.717) is 34.8 Å². The predicted molar refractivity (Wildman–Crippen MR) is 128 cm³/mol. The van der Waals surface area contributed by atoms with Crippen LogP contribution >= 0.6 is 0 Å². The van der Waals surface area contributed by atoms with Gasteiger partial charge in [-0.05, 0) is 48.1 Å². The monoisotopic (exact) mass is 464 g/mol. The first kappa shape index (κ1) is 22.5. The Balaban J connectivity index is 1.38. The van der Waals surface area contributed by atoms with E-state index in [2.05, 4.69) is 63.9 Å². The minimum Gasteiger partial charge on any atom is -0.488 e. The summed E-state index contributed by atoms with van der Waals surface area (Å²) in [5.41, 5.74) is 4.22. The number of hydrogen-bond donors (Lipinski definition) is 2. The van der Waals surface area contributed by atoms with Gasteiger partial charge in [0.2, 0.25) is 0 Å². The van der Waals surface area contributed by atoms with Gasteiger partial charge in [-0.1, -0.05) is 31.2 Å². The van der Waals surface area contributed by atoms with E-state index in [1.54, 1.807) is 24.1 Å². The molecule has 0 amide bonds. The Morgan fingerprint density at radius 2 is 2.00 bits per heavy atom. The molecule has 0 saturated carbocycles. The van der Waals surface area contributed by atoms with E-state index in [0.717, 1.165) is 25.2 Å². The number of aromatic nitrogens is 5. The van der Waals surface area contributed by atoms with Crippen LogP contribution in [0.1, 0.15) is 31.7 Å². The Kier molecular flexibility index (Phi) is 6.05. The number of nitrogens with one attached hydrogen (secondary N) is 2. The summed E-state index contributed by atoms with van der Waals surface area (Å²) in [7, 11) is 1.57. The third-order valence-corrected chi connectivity index (χ3v) is 6.59. The van der Waals surface area contributed by atoms with Gasteiger partial charge in [0.15, 0.2) is 11.6 Å². The summed E-state index contributed by atoms with van der Waals surface area (Å²) < 4.78 is 26.7. The van der Waals surface area contributed by atoms with Gasteiger partial charge in [-0.25, -0.2) is 9.07 Å². The Labute approximate surface area is 197 Å². The molecular weight excluding hydrogens is 435 g/mol. The molecule has 2 N–H and O–H groups in total. The highest BCUT2D eigenvalue weighted by atomic mass is 19.1. The topological polar surface area (TPSA) is 89.9 Å². The fourth-order valence-electron chi connectivity index (χ4n) is 4.71. The van der Waals surface area contributed by atoms with Gasteiger partial charge < -0.3 is 14.8 Å². The second kappa shape index (κ2) is 9.15. The molecule has 0 radical (unpaired) electrons. The maximum atomic E-state index is 14.6. The zero-order chi connectivity index (χ0) is 23.7. The lowest BCUT2D eigenvalue weighted by Gasteiger charge is -2.39. The fourth-order valence-corrected chi connectivity index (χ4v) is 4.71. The van der Waals surface area contributed by atoms with Gasteiger partial charge in [0.05, 0.1) is 24.0 Å². The molecule has 1 saturated heterocycles. The van der Waals surface area contributed by atoms with E-state index in [1.165, 1.54) is 11.6 Å². The van der Waals surface area contributed by atoms with Gasteiger partial charge in [0.25, 0.3) is 0 Å². The van der Waals surface area contributed by atoms with Crippen molar-refractivity contribution in [2.24, 2.45) is 5.41 Å². The van der Waals surface area contributed by atoms with E-state index in [-0.39, 0.29) is 17.8 Å². The minimum absolute atomic E-state index is 0.153. The Morgan fingerprint density at radius 1 is 1.18 bits per heavy atom. The Hall–Kier alpha value is -3.30. The smallest absolute Gasteiger partial charge is 0.165 e. The number of fused-ring (bicyclic) bond motifs is 1. The molecule has 5 rings (SSSR count). The Morgan fingerprint density at radius 3 is 2.76 bits per heavy atom. The van der Waals surface area contributed by atoms with Crippen molar-refractivity contribution in [3.8, 4) is 22.8 Å². The highest BCUT2D eigenvalue weighted by Crippen LogP contribution is 2.40. The maximum Gasteiger partial charge on any atom is 0.165 e. The molecule has 1 atom stereocenters. The number of aromatic amines is 1. The molecule has 0 aliphatic carbocycles. The lowest BCUT2D eigenvalue weighted by Crippen LogP contribution is -2.41. The highest BCUT2D eigenvalue weighted by molar-refractivity contribution is 5.92. The van der Waals surface area contributed by atoms with Gasteiger partial charge in [0.1, 0.15) is 18.0 Å². The van der Waals surface area contributed by atoms with Crippen LogP contribution < -0.4 is 10.1 Å². The van der Waals surface area contributed by atoms with Crippen LogP contribution in [-0.4, -0.2) is 58.6 Å². The van der Waals surface area contributed by atoms with Gasteiger partial charge in [-0.3, -0.25) is 5.10 Å². The van der Waals surface area contributed by atoms with Crippen molar-refractivity contribution < 1.29 is 13.9 Å². The van der Waals surface area contributed by atoms with E-state index >= 15 is 0 Å². The average molecular weight is 465 g/mol. The lowest BCUT2D eigenvalue weighted by atomic mass is 9.71. The zero-order valence-electron chi connectivity index (χ0n) is 19.6. The number of methoxy groups -OCH3 is 1. The minimum atomic E-state index is -0.463. The van der Waals surface area contributed by atoms with Crippen molar-refractivity contribution >= 4 is 10.9 Å². The first-order valence-electron chi connectivity index (χ1n) is 11.5. The van der Waals surface area contributed by atoms with Crippen molar-refractivity contribution in [2.45, 2.75) is 26.2 Å². The Bertz CT molecular complexity index is 1280. The third-order valence-electron chi connectivity index (χ3n) is 6.59. The first-order valence-corrected chi connectivity index (χ1v) is 11.5. The first-order chi connectivity index (χ1) is 16.5. The highest BCUT2D eigenvalue weighted by Gasteiger charge is 2.33. The molecule has 178 valence electrons. The molecular formula is C25H29FN6O2. The summed E-state index contributed by atoms with van der Waals surface area (Å²) in [6.45, 7) is 7.33. The van der Waals surface area contributed by atoms with Crippen LogP contribution in [0.2, 0.25) is 0 Å². The summed E-state index contributed by atoms with van der Waals surface area (Å²) in [5.74, 6) is 0.207. The quantitative estimate of drug-likeness (QED) is 0.401. The molecule has 1 fully saturated rings. The van der Waals surface area contributed by atoms with E-state index in [1.807, 2.05) is 0 Å². The molecule has 4 aromatic rings. The number of hydrogen-bond acceptors (Lipinski definition) is 6. The molecule has 1 aliphatic heterocycles. The maximum absolute atomic E-state index is 14.6. The molecule has 1 unspecified atom stereocenters. The van der Waals surface area contributed by atoms with E-state index in [9.17, 15) is 4.39 Å². The number of halogens is 1. The SMILES string of the molecule is COCCOc1cc2[nH]nc(-c3cn(-c4ccc(C5CCNCC5(C)C)cc4)nn3)c2cc1F. The normalized spacial score (nSPS) is 17.8. The van der Waals surface area contributed by atoms with Crippen molar-refractivity contribution in [2.75, 3.05) is 33.4 Å². The van der Waals surface area contributed by atoms with Gasteiger partial charge in [0, 0.05) is 25.1 Å². The van der Waals surface area contributed by atoms with Crippen molar-refractivity contribution in [3.05, 3.63) is 54.0 Å². The second-order valence-corrected chi connectivity index (χ2v) is 9.39. The lowest BCUT2D eigenvalue weighted by molar-refractivity contribution is 0.144. The molecule has 2 aromatic carbocycles. The number of piperidine rings is 1. The molecule has 0 spiro atoms. The van der Waals surface area contributed by atoms with Crippen LogP contribution in [0.5, 0.6) is 5.75 Å². The summed E-state index contributed by atoms with van der Waals surface area (Å²) in [6, 6.07) is 11.5. The largest absolute Gasteiger partial charge is 0.488 e. The summed E-state index contributed by atoms with van der Waals surface area (Å²) in [5, 5.41) is 20.0. The van der Waals surface area contributed by atoms with Crippen LogP contribution in [0.4, 0.5) is 4.39 Å². The summed E-state index contributed by atoms with van der Waals surface area (Å²) in [6.07, 6.45) is 2.93. The zero-order valence-corrected chi connectivity index (χ0v) is 19.6. The molecule has 1 aliphatic rings. The molecule has 2 aromatic heterocycles. The van der Waals surface area contributed by atoms with Gasteiger partial charge in [-0.15, -0.1) is 5.10 Å². The number of rotatable bonds is 7. The number of ether oxygens (including phenoxy) is 2. The number of benzene rings is 2. The van der Waals surface area contributed by atoms with E-state index < -0.39 is 5.82 Å². The summed E-state index contributed by atoms with van der Waals surface area (Å²) >= 11 is 0. The molecule has 3 heterocycles. The van der Waals surface area contributed by atoms with Crippen LogP contribution in [-0.2, 0) is 4.74 Å². The van der Waals surface area contributed by atoms with Crippen LogP contribution in [0.25, 0.3) is 28.0 Å². The molecule has 9 heteroatoms. The van der Waals surface area contributed by atoms with Crippen LogP contribution in [0.15, 0.2) is 42.6 Å². The predicted octanol–water partition coefficient (Wildman–Crippen LogP) is 4.08. The average Bonchev–Trinajstić information content (AvgIpc) is 3.46. The van der Waals surface area contributed by atoms with Crippen LogP contribution in [0, 0.1) is 11.2 Å². The second-order valence-electron chi connectivity index (χ2n) is 9.39. The van der Waals surface area contributed by atoms with Crippen LogP contribution in [0.3, 0.4) is 0 Å². The van der Waals surface area contributed by atoms with Crippen molar-refractivity contribution in [1.29, 1.82) is 0 Å². The number of nitrogens with zero attached hydrogens (tertiary/aromatic N) is 4. The summed E-state index contributed by atoms with van der Waals surface area (Å²) in [4.78, 5) is 0. The fraction of sp³-hybridized carbons (Fsp3) is 0.400. The standard InChI is InChI=1S/C25H29FN6O2/c1-25(2)15-27-9-8-19(25)16-4-6-17(7-5-16)32-14-22(29-31-32)24-18-12-20(26)23(34-11-10-33-3)13-21(18)28-30-24/h4-7,12-14,19,27H,8-11,15H2,1-3H3,(H,28,30). The number of H-pyrrole nitrogens is 1. The van der Waals surface area contributed by atoms with Gasteiger partial charge >= 0.3 is 0 Å². The van der Waals surface area contributed by atoms with Crippen molar-refractivity contribution in [3.63, 3.8) is 0 Å². The van der Waals surface area contributed by atoms with E-state index in [4.69, 9.17) is 9.47 Å². The van der Waals surface area contributed by atoms with Crippen molar-refractivity contribution in [1.82, 2.24) is 30.5 Å². The van der Waals surface area contributed by atoms with Gasteiger partial charge in [-0.2, -0.15) is 5.10 Å².